The Labute approximate surface area is 106 Å². The Balaban J connectivity index is 3.15. The molecular formula is C13H18O5. The summed E-state index contributed by atoms with van der Waals surface area (Å²) >= 11 is 0. The minimum Gasteiger partial charge on any atom is -0.493 e. The van der Waals surface area contributed by atoms with E-state index >= 15 is 0 Å². The number of hydrogen-bond acceptors (Lipinski definition) is 4. The predicted octanol–water partition coefficient (Wildman–Crippen LogP) is 1.64. The van der Waals surface area contributed by atoms with Crippen LogP contribution in [0.2, 0.25) is 0 Å². The fraction of sp³-hybridized carbons (Fsp3) is 0.462. The fourth-order valence-corrected chi connectivity index (χ4v) is 1.63. The second kappa shape index (κ2) is 5.27. The molecule has 0 saturated heterocycles. The molecule has 0 spiro atoms. The van der Waals surface area contributed by atoms with E-state index in [9.17, 15) is 9.90 Å². The topological polar surface area (TPSA) is 76.0 Å². The van der Waals surface area contributed by atoms with Crippen molar-refractivity contribution in [3.05, 3.63) is 23.8 Å². The average molecular weight is 254 g/mol. The summed E-state index contributed by atoms with van der Waals surface area (Å²) in [7, 11) is 3.02. The van der Waals surface area contributed by atoms with Crippen molar-refractivity contribution in [1.82, 2.24) is 0 Å². The first-order chi connectivity index (χ1) is 8.34. The monoisotopic (exact) mass is 254 g/mol. The van der Waals surface area contributed by atoms with Crippen LogP contribution >= 0.6 is 0 Å². The molecule has 0 heterocycles. The van der Waals surface area contributed by atoms with Gasteiger partial charge in [-0.15, -0.1) is 0 Å². The van der Waals surface area contributed by atoms with E-state index in [2.05, 4.69) is 0 Å². The number of hydrogen-bond donors (Lipinski definition) is 2. The Morgan fingerprint density at radius 3 is 2.28 bits per heavy atom. The quantitative estimate of drug-likeness (QED) is 0.835. The van der Waals surface area contributed by atoms with Crippen molar-refractivity contribution in [1.29, 1.82) is 0 Å². The number of rotatable bonds is 5. The average Bonchev–Trinajstić information content (AvgIpc) is 2.36. The van der Waals surface area contributed by atoms with Crippen LogP contribution in [0.25, 0.3) is 0 Å². The van der Waals surface area contributed by atoms with E-state index in [0.717, 1.165) is 0 Å². The van der Waals surface area contributed by atoms with Crippen molar-refractivity contribution in [3.8, 4) is 11.5 Å². The number of carboxylic acids is 1. The van der Waals surface area contributed by atoms with Gasteiger partial charge in [0.1, 0.15) is 0 Å². The van der Waals surface area contributed by atoms with Crippen LogP contribution in [0.15, 0.2) is 18.2 Å². The zero-order valence-electron chi connectivity index (χ0n) is 10.9. The summed E-state index contributed by atoms with van der Waals surface area (Å²) in [6.07, 6.45) is 0. The van der Waals surface area contributed by atoms with Gasteiger partial charge in [0.15, 0.2) is 17.1 Å². The van der Waals surface area contributed by atoms with E-state index in [1.807, 2.05) is 0 Å². The van der Waals surface area contributed by atoms with Crippen molar-refractivity contribution in [2.75, 3.05) is 14.2 Å². The highest BCUT2D eigenvalue weighted by Crippen LogP contribution is 2.34. The molecular weight excluding hydrogens is 236 g/mol. The standard InChI is InChI=1S/C13H18O5/c1-8(13(2,16)12(14)15)9-5-6-10(17-3)11(7-9)18-4/h5-8,16H,1-4H3,(H,14,15). The van der Waals surface area contributed by atoms with Gasteiger partial charge in [-0.1, -0.05) is 13.0 Å². The highest BCUT2D eigenvalue weighted by molar-refractivity contribution is 5.78. The number of carbonyl (C=O) groups is 1. The van der Waals surface area contributed by atoms with Gasteiger partial charge in [0.25, 0.3) is 0 Å². The van der Waals surface area contributed by atoms with Gasteiger partial charge in [0, 0.05) is 5.92 Å². The van der Waals surface area contributed by atoms with Gasteiger partial charge in [0.2, 0.25) is 0 Å². The Bertz CT molecular complexity index is 439. The van der Waals surface area contributed by atoms with Gasteiger partial charge in [-0.25, -0.2) is 4.79 Å². The number of aliphatic carboxylic acids is 1. The summed E-state index contributed by atoms with van der Waals surface area (Å²) in [4.78, 5) is 11.0. The summed E-state index contributed by atoms with van der Waals surface area (Å²) in [5.41, 5.74) is -1.17. The maximum Gasteiger partial charge on any atom is 0.336 e. The molecule has 0 bridgehead atoms. The maximum atomic E-state index is 11.0. The van der Waals surface area contributed by atoms with Gasteiger partial charge in [0.05, 0.1) is 14.2 Å². The molecule has 0 amide bonds. The molecule has 1 aromatic rings. The second-order valence-electron chi connectivity index (χ2n) is 4.29. The highest BCUT2D eigenvalue weighted by Gasteiger charge is 2.37. The number of carboxylic acid groups (broad SMARTS) is 1. The Morgan fingerprint density at radius 1 is 1.28 bits per heavy atom. The van der Waals surface area contributed by atoms with E-state index in [1.165, 1.54) is 21.1 Å². The van der Waals surface area contributed by atoms with Crippen LogP contribution < -0.4 is 9.47 Å². The van der Waals surface area contributed by atoms with Gasteiger partial charge < -0.3 is 19.7 Å². The van der Waals surface area contributed by atoms with Crippen LogP contribution in [0, 0.1) is 0 Å². The lowest BCUT2D eigenvalue weighted by Crippen LogP contribution is -2.40. The number of aliphatic hydroxyl groups is 1. The molecule has 0 radical (unpaired) electrons. The van der Waals surface area contributed by atoms with E-state index in [4.69, 9.17) is 14.6 Å². The molecule has 2 unspecified atom stereocenters. The third-order valence-electron chi connectivity index (χ3n) is 3.18. The van der Waals surface area contributed by atoms with Gasteiger partial charge in [-0.3, -0.25) is 0 Å². The molecule has 0 fully saturated rings. The van der Waals surface area contributed by atoms with Crippen LogP contribution in [0.4, 0.5) is 0 Å². The normalized spacial score (nSPS) is 15.6. The molecule has 0 aliphatic heterocycles. The maximum absolute atomic E-state index is 11.0. The van der Waals surface area contributed by atoms with E-state index in [0.29, 0.717) is 17.1 Å². The third kappa shape index (κ3) is 2.56. The van der Waals surface area contributed by atoms with Crippen molar-refractivity contribution >= 4 is 5.97 Å². The second-order valence-corrected chi connectivity index (χ2v) is 4.29. The lowest BCUT2D eigenvalue weighted by molar-refractivity contribution is -0.158. The van der Waals surface area contributed by atoms with Gasteiger partial charge in [-0.2, -0.15) is 0 Å². The number of methoxy groups -OCH3 is 2. The van der Waals surface area contributed by atoms with Crippen LogP contribution in [-0.2, 0) is 4.79 Å². The van der Waals surface area contributed by atoms with E-state index in [-0.39, 0.29) is 0 Å². The first kappa shape index (κ1) is 14.3. The van der Waals surface area contributed by atoms with Crippen LogP contribution in [0.5, 0.6) is 11.5 Å². The van der Waals surface area contributed by atoms with Crippen molar-refractivity contribution in [2.24, 2.45) is 0 Å². The molecule has 0 aliphatic rings. The minimum atomic E-state index is -1.83. The number of ether oxygens (including phenoxy) is 2. The smallest absolute Gasteiger partial charge is 0.336 e. The lowest BCUT2D eigenvalue weighted by Gasteiger charge is -2.26. The van der Waals surface area contributed by atoms with Crippen molar-refractivity contribution < 1.29 is 24.5 Å². The predicted molar refractivity (Wildman–Crippen MR) is 66.2 cm³/mol. The fourth-order valence-electron chi connectivity index (χ4n) is 1.63. The van der Waals surface area contributed by atoms with Gasteiger partial charge >= 0.3 is 5.97 Å². The molecule has 1 rings (SSSR count). The number of benzene rings is 1. The minimum absolute atomic E-state index is 0.503. The molecule has 0 aromatic heterocycles. The molecule has 0 aliphatic carbocycles. The summed E-state index contributed by atoms with van der Waals surface area (Å²) in [6.45, 7) is 2.92. The molecule has 100 valence electrons. The largest absolute Gasteiger partial charge is 0.493 e. The Kier molecular flexibility index (Phi) is 4.19. The first-order valence-electron chi connectivity index (χ1n) is 5.52. The lowest BCUT2D eigenvalue weighted by atomic mass is 9.85. The molecule has 0 saturated carbocycles. The first-order valence-corrected chi connectivity index (χ1v) is 5.52. The molecule has 5 nitrogen and oxygen atoms in total. The van der Waals surface area contributed by atoms with E-state index < -0.39 is 17.5 Å². The summed E-state index contributed by atoms with van der Waals surface area (Å²) < 4.78 is 10.2. The molecule has 2 atom stereocenters. The highest BCUT2D eigenvalue weighted by atomic mass is 16.5. The summed E-state index contributed by atoms with van der Waals surface area (Å²) in [5.74, 6) is -0.772. The Hall–Kier alpha value is -1.75. The van der Waals surface area contributed by atoms with Crippen LogP contribution in [-0.4, -0.2) is 36.0 Å². The van der Waals surface area contributed by atoms with E-state index in [1.54, 1.807) is 25.1 Å². The molecule has 2 N–H and O–H groups in total. The zero-order valence-corrected chi connectivity index (χ0v) is 10.9. The molecule has 1 aromatic carbocycles. The van der Waals surface area contributed by atoms with Crippen molar-refractivity contribution in [3.63, 3.8) is 0 Å². The van der Waals surface area contributed by atoms with Crippen LogP contribution in [0.3, 0.4) is 0 Å². The summed E-state index contributed by atoms with van der Waals surface area (Å²) in [6, 6.07) is 5.06. The Morgan fingerprint density at radius 2 is 1.83 bits per heavy atom. The summed E-state index contributed by atoms with van der Waals surface area (Å²) in [5, 5.41) is 18.9. The molecule has 5 heteroatoms. The van der Waals surface area contributed by atoms with Gasteiger partial charge in [-0.05, 0) is 24.6 Å². The van der Waals surface area contributed by atoms with Crippen molar-refractivity contribution in [2.45, 2.75) is 25.4 Å². The zero-order chi connectivity index (χ0) is 13.9. The SMILES string of the molecule is COc1ccc(C(C)C(C)(O)C(=O)O)cc1OC. The molecule has 18 heavy (non-hydrogen) atoms. The van der Waals surface area contributed by atoms with Crippen LogP contribution in [0.1, 0.15) is 25.3 Å². The third-order valence-corrected chi connectivity index (χ3v) is 3.18.